The van der Waals surface area contributed by atoms with Crippen molar-refractivity contribution < 1.29 is 0 Å². The fourth-order valence-electron chi connectivity index (χ4n) is 3.38. The zero-order chi connectivity index (χ0) is 11.6. The van der Waals surface area contributed by atoms with Gasteiger partial charge in [-0.3, -0.25) is 0 Å². The van der Waals surface area contributed by atoms with Crippen molar-refractivity contribution in [3.05, 3.63) is 0 Å². The Labute approximate surface area is 103 Å². The number of unbranched alkanes of at least 4 members (excludes halogenated alkanes) is 1. The van der Waals surface area contributed by atoms with Gasteiger partial charge in [-0.2, -0.15) is 0 Å². The molecule has 96 valence electrons. The zero-order valence-corrected chi connectivity index (χ0v) is 11.6. The average Bonchev–Trinajstić information content (AvgIpc) is 2.44. The van der Waals surface area contributed by atoms with Crippen LogP contribution in [0.25, 0.3) is 0 Å². The summed E-state index contributed by atoms with van der Waals surface area (Å²) in [6.45, 7) is 4.74. The van der Waals surface area contributed by atoms with E-state index < -0.39 is 0 Å². The second-order valence-electron chi connectivity index (χ2n) is 5.77. The Kier molecular flexibility index (Phi) is 7.98. The first kappa shape index (κ1) is 14.1. The molecule has 0 bridgehead atoms. The van der Waals surface area contributed by atoms with E-state index in [2.05, 4.69) is 13.8 Å². The summed E-state index contributed by atoms with van der Waals surface area (Å²) in [4.78, 5) is 0. The molecule has 1 aliphatic carbocycles. The van der Waals surface area contributed by atoms with E-state index in [1.54, 1.807) is 0 Å². The molecule has 1 aliphatic rings. The van der Waals surface area contributed by atoms with Gasteiger partial charge in [0.25, 0.3) is 0 Å². The number of hydrogen-bond acceptors (Lipinski definition) is 0. The van der Waals surface area contributed by atoms with Gasteiger partial charge in [-0.1, -0.05) is 90.9 Å². The standard InChI is InChI=1S/C16H32/c1-3-5-12-15(4-2)16-13-10-8-6-7-9-11-14-16/h15-16H,3-14H2,1-2H3. The Balaban J connectivity index is 2.37. The smallest absolute Gasteiger partial charge is 0.0386 e. The van der Waals surface area contributed by atoms with Crippen LogP contribution in [-0.2, 0) is 0 Å². The molecule has 0 aromatic carbocycles. The SMILES string of the molecule is CCCCC(CC)C1CCCCCCCC1. The maximum Gasteiger partial charge on any atom is -0.0386 e. The van der Waals surface area contributed by atoms with Crippen molar-refractivity contribution in [2.24, 2.45) is 11.8 Å². The van der Waals surface area contributed by atoms with E-state index in [9.17, 15) is 0 Å². The number of rotatable bonds is 5. The fraction of sp³-hybridized carbons (Fsp3) is 1.00. The average molecular weight is 224 g/mol. The summed E-state index contributed by atoms with van der Waals surface area (Å²) in [5, 5.41) is 0. The van der Waals surface area contributed by atoms with E-state index in [1.807, 2.05) is 0 Å². The van der Waals surface area contributed by atoms with Gasteiger partial charge < -0.3 is 0 Å². The van der Waals surface area contributed by atoms with Gasteiger partial charge in [-0.05, 0) is 11.8 Å². The van der Waals surface area contributed by atoms with Crippen LogP contribution < -0.4 is 0 Å². The third kappa shape index (κ3) is 5.37. The van der Waals surface area contributed by atoms with Crippen molar-refractivity contribution in [2.75, 3.05) is 0 Å². The maximum atomic E-state index is 2.41. The molecule has 0 heteroatoms. The molecule has 0 heterocycles. The van der Waals surface area contributed by atoms with Gasteiger partial charge in [0.2, 0.25) is 0 Å². The van der Waals surface area contributed by atoms with Gasteiger partial charge in [-0.25, -0.2) is 0 Å². The van der Waals surface area contributed by atoms with E-state index in [0.29, 0.717) is 0 Å². The van der Waals surface area contributed by atoms with E-state index in [-0.39, 0.29) is 0 Å². The first-order valence-electron chi connectivity index (χ1n) is 7.88. The molecular formula is C16H32. The first-order valence-corrected chi connectivity index (χ1v) is 7.88. The van der Waals surface area contributed by atoms with Crippen LogP contribution in [-0.4, -0.2) is 0 Å². The Bertz CT molecular complexity index is 140. The highest BCUT2D eigenvalue weighted by Crippen LogP contribution is 2.32. The lowest BCUT2D eigenvalue weighted by Gasteiger charge is -2.26. The van der Waals surface area contributed by atoms with Crippen LogP contribution in [0.15, 0.2) is 0 Å². The summed E-state index contributed by atoms with van der Waals surface area (Å²) in [7, 11) is 0. The molecule has 0 amide bonds. The largest absolute Gasteiger partial charge is 0.0654 e. The molecule has 0 aromatic heterocycles. The minimum absolute atomic E-state index is 1.04. The Morgan fingerprint density at radius 2 is 1.44 bits per heavy atom. The molecule has 1 fully saturated rings. The number of hydrogen-bond donors (Lipinski definition) is 0. The quantitative estimate of drug-likeness (QED) is 0.541. The van der Waals surface area contributed by atoms with E-state index >= 15 is 0 Å². The van der Waals surface area contributed by atoms with E-state index in [0.717, 1.165) is 11.8 Å². The van der Waals surface area contributed by atoms with Crippen molar-refractivity contribution in [1.29, 1.82) is 0 Å². The molecular weight excluding hydrogens is 192 g/mol. The van der Waals surface area contributed by atoms with Crippen molar-refractivity contribution in [3.8, 4) is 0 Å². The topological polar surface area (TPSA) is 0 Å². The normalized spacial score (nSPS) is 22.1. The lowest BCUT2D eigenvalue weighted by atomic mass is 9.80. The summed E-state index contributed by atoms with van der Waals surface area (Å²) in [6.07, 6.45) is 17.8. The van der Waals surface area contributed by atoms with Crippen molar-refractivity contribution in [3.63, 3.8) is 0 Å². The molecule has 16 heavy (non-hydrogen) atoms. The van der Waals surface area contributed by atoms with Gasteiger partial charge >= 0.3 is 0 Å². The predicted molar refractivity (Wildman–Crippen MR) is 73.7 cm³/mol. The van der Waals surface area contributed by atoms with Crippen LogP contribution in [0.1, 0.15) is 90.9 Å². The molecule has 0 saturated heterocycles. The van der Waals surface area contributed by atoms with Crippen LogP contribution in [0.4, 0.5) is 0 Å². The molecule has 1 rings (SSSR count). The third-order valence-corrected chi connectivity index (χ3v) is 4.52. The third-order valence-electron chi connectivity index (χ3n) is 4.52. The molecule has 1 atom stereocenters. The molecule has 0 aliphatic heterocycles. The van der Waals surface area contributed by atoms with Gasteiger partial charge in [-0.15, -0.1) is 0 Å². The fourth-order valence-corrected chi connectivity index (χ4v) is 3.38. The molecule has 0 aromatic rings. The van der Waals surface area contributed by atoms with Gasteiger partial charge in [0.1, 0.15) is 0 Å². The highest BCUT2D eigenvalue weighted by atomic mass is 14.2. The lowest BCUT2D eigenvalue weighted by Crippen LogP contribution is -2.14. The molecule has 0 radical (unpaired) electrons. The molecule has 1 saturated carbocycles. The summed E-state index contributed by atoms with van der Waals surface area (Å²) in [5.41, 5.74) is 0. The van der Waals surface area contributed by atoms with Crippen LogP contribution >= 0.6 is 0 Å². The second kappa shape index (κ2) is 9.07. The minimum atomic E-state index is 1.04. The van der Waals surface area contributed by atoms with Gasteiger partial charge in [0.05, 0.1) is 0 Å². The molecule has 0 N–H and O–H groups in total. The Morgan fingerprint density at radius 3 is 1.94 bits per heavy atom. The predicted octanol–water partition coefficient (Wildman–Crippen LogP) is 5.95. The zero-order valence-electron chi connectivity index (χ0n) is 11.6. The highest BCUT2D eigenvalue weighted by Gasteiger charge is 2.19. The Hall–Kier alpha value is 0. The summed E-state index contributed by atoms with van der Waals surface area (Å²) < 4.78 is 0. The van der Waals surface area contributed by atoms with Crippen LogP contribution in [0.5, 0.6) is 0 Å². The van der Waals surface area contributed by atoms with Crippen molar-refractivity contribution in [1.82, 2.24) is 0 Å². The van der Waals surface area contributed by atoms with Gasteiger partial charge in [0, 0.05) is 0 Å². The highest BCUT2D eigenvalue weighted by molar-refractivity contribution is 4.71. The monoisotopic (exact) mass is 224 g/mol. The molecule has 0 nitrogen and oxygen atoms in total. The van der Waals surface area contributed by atoms with Crippen molar-refractivity contribution in [2.45, 2.75) is 90.9 Å². The van der Waals surface area contributed by atoms with Crippen LogP contribution in [0.3, 0.4) is 0 Å². The maximum absolute atomic E-state index is 2.41. The van der Waals surface area contributed by atoms with E-state index in [4.69, 9.17) is 0 Å². The Morgan fingerprint density at radius 1 is 0.875 bits per heavy atom. The summed E-state index contributed by atoms with van der Waals surface area (Å²) >= 11 is 0. The first-order chi connectivity index (χ1) is 7.88. The van der Waals surface area contributed by atoms with Crippen molar-refractivity contribution >= 4 is 0 Å². The van der Waals surface area contributed by atoms with Crippen LogP contribution in [0.2, 0.25) is 0 Å². The lowest BCUT2D eigenvalue weighted by molar-refractivity contribution is 0.256. The molecule has 1 unspecified atom stereocenters. The van der Waals surface area contributed by atoms with Gasteiger partial charge in [0.15, 0.2) is 0 Å². The minimum Gasteiger partial charge on any atom is -0.0654 e. The second-order valence-corrected chi connectivity index (χ2v) is 5.77. The summed E-state index contributed by atoms with van der Waals surface area (Å²) in [6, 6.07) is 0. The van der Waals surface area contributed by atoms with Crippen LogP contribution in [0, 0.1) is 11.8 Å². The van der Waals surface area contributed by atoms with E-state index in [1.165, 1.54) is 77.0 Å². The summed E-state index contributed by atoms with van der Waals surface area (Å²) in [5.74, 6) is 2.10. The molecule has 0 spiro atoms.